The lowest BCUT2D eigenvalue weighted by Gasteiger charge is -2.28. The molecule has 0 saturated carbocycles. The van der Waals surface area contributed by atoms with Crippen LogP contribution < -0.4 is 14.0 Å². The maximum Gasteiger partial charge on any atom is 0.231 e. The van der Waals surface area contributed by atoms with Crippen LogP contribution in [0.2, 0.25) is 0 Å². The molecule has 0 unspecified atom stereocenters. The molecule has 2 rings (SSSR count). The molecule has 1 aromatic rings. The Kier molecular flexibility index (Phi) is 4.30. The normalized spacial score (nSPS) is 13.4. The van der Waals surface area contributed by atoms with Crippen LogP contribution >= 0.6 is 24.0 Å². The second-order valence-electron chi connectivity index (χ2n) is 4.14. The van der Waals surface area contributed by atoms with Gasteiger partial charge in [0.15, 0.2) is 11.5 Å². The van der Waals surface area contributed by atoms with E-state index in [1.807, 2.05) is 12.1 Å². The molecule has 0 bridgehead atoms. The van der Waals surface area contributed by atoms with E-state index in [-0.39, 0.29) is 12.4 Å². The molecular weight excluding hydrogens is 249 g/mol. The van der Waals surface area contributed by atoms with Crippen LogP contribution in [0, 0.1) is 0 Å². The predicted octanol–water partition coefficient (Wildman–Crippen LogP) is 2.64. The Morgan fingerprint density at radius 1 is 1.25 bits per heavy atom. The number of rotatable bonds is 3. The molecule has 0 spiro atoms. The molecule has 0 radical (unpaired) electrons. The largest absolute Gasteiger partial charge is 0.454 e. The topological polar surface area (TPSA) is 18.5 Å². The fraction of sp³-hybridized carbons (Fsp3) is 0.455. The lowest BCUT2D eigenvalue weighted by atomic mass is 10.2. The summed E-state index contributed by atoms with van der Waals surface area (Å²) in [7, 11) is 4.25. The van der Waals surface area contributed by atoms with Gasteiger partial charge in [0, 0.05) is 12.1 Å². The Balaban J connectivity index is 0.00000128. The number of quaternary nitrogens is 1. The highest BCUT2D eigenvalue weighted by atomic mass is 35.5. The van der Waals surface area contributed by atoms with Gasteiger partial charge in [-0.15, -0.1) is 24.0 Å². The van der Waals surface area contributed by atoms with Gasteiger partial charge >= 0.3 is 0 Å². The molecule has 90 valence electrons. The number of alkyl halides is 1. The highest BCUT2D eigenvalue weighted by Gasteiger charge is 2.22. The summed E-state index contributed by atoms with van der Waals surface area (Å²) in [5.74, 6) is 2.29. The third-order valence-corrected chi connectivity index (χ3v) is 2.87. The van der Waals surface area contributed by atoms with Gasteiger partial charge in [-0.25, -0.2) is 0 Å². The van der Waals surface area contributed by atoms with Crippen molar-refractivity contribution in [3.8, 4) is 11.5 Å². The summed E-state index contributed by atoms with van der Waals surface area (Å²) >= 11 is 5.78. The van der Waals surface area contributed by atoms with Gasteiger partial charge in [0.1, 0.15) is 5.69 Å². The van der Waals surface area contributed by atoms with E-state index >= 15 is 0 Å². The van der Waals surface area contributed by atoms with E-state index in [9.17, 15) is 0 Å². The highest BCUT2D eigenvalue weighted by molar-refractivity contribution is 6.18. The number of hydrogen-bond acceptors (Lipinski definition) is 2. The molecule has 1 aliphatic heterocycles. The van der Waals surface area contributed by atoms with Crippen molar-refractivity contribution < 1.29 is 9.47 Å². The van der Waals surface area contributed by atoms with E-state index in [0.717, 1.165) is 22.5 Å². The van der Waals surface area contributed by atoms with Gasteiger partial charge in [-0.1, -0.05) is 0 Å². The molecule has 0 aromatic heterocycles. The Bertz CT molecular complexity index is 369. The standard InChI is InChI=1S/C11H15ClNO2.ClH/c1-13(2,6-5-12)9-3-4-10-11(7-9)15-8-14-10;/h3-4,7H,5-6,8H2,1-2H3;1H/q+1;. The Labute approximate surface area is 107 Å². The first kappa shape index (κ1) is 13.4. The molecule has 0 atom stereocenters. The van der Waals surface area contributed by atoms with E-state index in [4.69, 9.17) is 21.1 Å². The zero-order valence-corrected chi connectivity index (χ0v) is 11.0. The van der Waals surface area contributed by atoms with Gasteiger partial charge in [0.2, 0.25) is 6.79 Å². The second kappa shape index (κ2) is 5.13. The van der Waals surface area contributed by atoms with E-state index in [1.165, 1.54) is 5.69 Å². The summed E-state index contributed by atoms with van der Waals surface area (Å²) in [6.07, 6.45) is 0. The van der Waals surface area contributed by atoms with Gasteiger partial charge in [-0.2, -0.15) is 0 Å². The number of nitrogens with zero attached hydrogens (tertiary/aromatic N) is 1. The number of halogens is 2. The van der Waals surface area contributed by atoms with Crippen molar-refractivity contribution in [1.82, 2.24) is 4.48 Å². The fourth-order valence-electron chi connectivity index (χ4n) is 1.60. The van der Waals surface area contributed by atoms with Crippen molar-refractivity contribution >= 4 is 29.7 Å². The summed E-state index contributed by atoms with van der Waals surface area (Å²) in [6.45, 7) is 1.21. The van der Waals surface area contributed by atoms with Gasteiger partial charge in [-0.3, -0.25) is 4.48 Å². The summed E-state index contributed by atoms with van der Waals surface area (Å²) in [4.78, 5) is 0. The maximum absolute atomic E-state index is 5.78. The molecule has 1 aliphatic rings. The monoisotopic (exact) mass is 264 g/mol. The quantitative estimate of drug-likeness (QED) is 0.618. The van der Waals surface area contributed by atoms with Crippen molar-refractivity contribution in [2.24, 2.45) is 0 Å². The van der Waals surface area contributed by atoms with Gasteiger partial charge in [0.05, 0.1) is 26.5 Å². The van der Waals surface area contributed by atoms with Crippen LogP contribution in [0.4, 0.5) is 5.69 Å². The fourth-order valence-corrected chi connectivity index (χ4v) is 2.02. The molecule has 1 heterocycles. The molecule has 3 nitrogen and oxygen atoms in total. The minimum atomic E-state index is 0. The minimum Gasteiger partial charge on any atom is -0.454 e. The number of fused-ring (bicyclic) bond motifs is 1. The van der Waals surface area contributed by atoms with Crippen molar-refractivity contribution in [2.45, 2.75) is 0 Å². The first-order valence-electron chi connectivity index (χ1n) is 4.93. The van der Waals surface area contributed by atoms with Crippen molar-refractivity contribution in [3.63, 3.8) is 0 Å². The van der Waals surface area contributed by atoms with E-state index in [2.05, 4.69) is 20.2 Å². The smallest absolute Gasteiger partial charge is 0.231 e. The van der Waals surface area contributed by atoms with Crippen molar-refractivity contribution in [2.75, 3.05) is 33.3 Å². The zero-order chi connectivity index (χ0) is 10.9. The Morgan fingerprint density at radius 3 is 2.62 bits per heavy atom. The molecule has 16 heavy (non-hydrogen) atoms. The number of ether oxygens (including phenoxy) is 2. The Hall–Kier alpha value is -0.640. The lowest BCUT2D eigenvalue weighted by molar-refractivity contribution is 0.174. The van der Waals surface area contributed by atoms with Crippen LogP contribution in [-0.2, 0) is 0 Å². The predicted molar refractivity (Wildman–Crippen MR) is 69.0 cm³/mol. The van der Waals surface area contributed by atoms with Gasteiger partial charge in [-0.05, 0) is 6.07 Å². The first-order valence-corrected chi connectivity index (χ1v) is 5.46. The summed E-state index contributed by atoms with van der Waals surface area (Å²) in [5.41, 5.74) is 1.18. The van der Waals surface area contributed by atoms with Crippen molar-refractivity contribution in [3.05, 3.63) is 18.2 Å². The average Bonchev–Trinajstić information content (AvgIpc) is 2.63. The molecule has 0 fully saturated rings. The zero-order valence-electron chi connectivity index (χ0n) is 9.40. The van der Waals surface area contributed by atoms with Crippen LogP contribution in [0.1, 0.15) is 0 Å². The maximum atomic E-state index is 5.78. The first-order chi connectivity index (χ1) is 7.13. The van der Waals surface area contributed by atoms with E-state index in [1.54, 1.807) is 0 Å². The molecule has 1 aromatic carbocycles. The van der Waals surface area contributed by atoms with Gasteiger partial charge < -0.3 is 9.47 Å². The molecule has 5 heteroatoms. The Morgan fingerprint density at radius 2 is 1.94 bits per heavy atom. The van der Waals surface area contributed by atoms with E-state index < -0.39 is 0 Å². The third-order valence-electron chi connectivity index (χ3n) is 2.70. The summed E-state index contributed by atoms with van der Waals surface area (Å²) in [5, 5.41) is 0. The molecule has 0 aliphatic carbocycles. The molecule has 0 amide bonds. The highest BCUT2D eigenvalue weighted by Crippen LogP contribution is 2.36. The number of hydrogen-bond donors (Lipinski definition) is 0. The molecular formula is C11H16Cl2NO2+. The van der Waals surface area contributed by atoms with Crippen LogP contribution in [0.25, 0.3) is 0 Å². The molecule has 0 N–H and O–H groups in total. The molecule has 0 saturated heterocycles. The third kappa shape index (κ3) is 2.54. The van der Waals surface area contributed by atoms with Crippen LogP contribution in [0.15, 0.2) is 18.2 Å². The average molecular weight is 265 g/mol. The van der Waals surface area contributed by atoms with Crippen LogP contribution in [0.3, 0.4) is 0 Å². The van der Waals surface area contributed by atoms with Crippen LogP contribution in [0.5, 0.6) is 11.5 Å². The van der Waals surface area contributed by atoms with Crippen LogP contribution in [-0.4, -0.2) is 33.3 Å². The lowest BCUT2D eigenvalue weighted by Crippen LogP contribution is -2.42. The second-order valence-corrected chi connectivity index (χ2v) is 4.51. The summed E-state index contributed by atoms with van der Waals surface area (Å²) in [6, 6.07) is 6.03. The minimum absolute atomic E-state index is 0. The van der Waals surface area contributed by atoms with Gasteiger partial charge in [0.25, 0.3) is 0 Å². The number of benzene rings is 1. The van der Waals surface area contributed by atoms with E-state index in [0.29, 0.717) is 12.7 Å². The summed E-state index contributed by atoms with van der Waals surface area (Å²) < 4.78 is 11.4. The van der Waals surface area contributed by atoms with Crippen molar-refractivity contribution in [1.29, 1.82) is 0 Å². The SMILES string of the molecule is C[N+](C)(CCCl)c1ccc2c(c1)OCO2.Cl.